The molecule has 0 amide bonds. The molecule has 1 aliphatic rings. The highest BCUT2D eigenvalue weighted by atomic mass is 19.1. The van der Waals surface area contributed by atoms with E-state index in [4.69, 9.17) is 9.84 Å². The predicted molar refractivity (Wildman–Crippen MR) is 62.5 cm³/mol. The number of hydrogen-bond acceptors (Lipinski definition) is 5. The third-order valence-electron chi connectivity index (χ3n) is 3.12. The fourth-order valence-corrected chi connectivity index (χ4v) is 2.05. The molecule has 4 atom stereocenters. The molecule has 0 bridgehead atoms. The van der Waals surface area contributed by atoms with E-state index >= 15 is 0 Å². The summed E-state index contributed by atoms with van der Waals surface area (Å²) in [4.78, 5) is 25.1. The van der Waals surface area contributed by atoms with Gasteiger partial charge in [-0.2, -0.15) is 0 Å². The first-order valence-corrected chi connectivity index (χ1v) is 5.88. The summed E-state index contributed by atoms with van der Waals surface area (Å²) in [7, 11) is 0. The Hall–Kier alpha value is -1.51. The van der Waals surface area contributed by atoms with Gasteiger partial charge in [0.2, 0.25) is 0 Å². The quantitative estimate of drug-likeness (QED) is 0.670. The number of aromatic amines is 1. The lowest BCUT2D eigenvalue weighted by Gasteiger charge is -2.15. The SMILES string of the molecule is CC(F)c1cn([C@H]2C[C@H](O)[C@@H](CO)O2)c(=O)[nH]c1=O. The van der Waals surface area contributed by atoms with Crippen LogP contribution >= 0.6 is 0 Å². The van der Waals surface area contributed by atoms with Gasteiger partial charge in [0.05, 0.1) is 18.3 Å². The summed E-state index contributed by atoms with van der Waals surface area (Å²) in [6.45, 7) is 0.794. The molecule has 0 radical (unpaired) electrons. The van der Waals surface area contributed by atoms with Gasteiger partial charge in [-0.15, -0.1) is 0 Å². The fourth-order valence-electron chi connectivity index (χ4n) is 2.05. The summed E-state index contributed by atoms with van der Waals surface area (Å²) < 4.78 is 19.5. The predicted octanol–water partition coefficient (Wildman–Crippen LogP) is -0.792. The molecule has 0 saturated carbocycles. The van der Waals surface area contributed by atoms with E-state index in [1.54, 1.807) is 0 Å². The third-order valence-corrected chi connectivity index (χ3v) is 3.12. The number of aliphatic hydroxyl groups is 2. The monoisotopic (exact) mass is 274 g/mol. The van der Waals surface area contributed by atoms with E-state index < -0.39 is 35.9 Å². The lowest BCUT2D eigenvalue weighted by Crippen LogP contribution is -2.34. The highest BCUT2D eigenvalue weighted by Crippen LogP contribution is 2.27. The van der Waals surface area contributed by atoms with Gasteiger partial charge in [0.15, 0.2) is 0 Å². The Morgan fingerprint density at radius 2 is 2.32 bits per heavy atom. The molecule has 2 rings (SSSR count). The summed E-state index contributed by atoms with van der Waals surface area (Å²) in [5, 5.41) is 18.6. The Kier molecular flexibility index (Phi) is 3.83. The lowest BCUT2D eigenvalue weighted by atomic mass is 10.2. The second-order valence-corrected chi connectivity index (χ2v) is 4.48. The summed E-state index contributed by atoms with van der Waals surface area (Å²) in [6.07, 6.45) is -2.92. The van der Waals surface area contributed by atoms with Crippen LogP contribution in [0, 0.1) is 0 Å². The maximum atomic E-state index is 13.2. The molecule has 3 N–H and O–H groups in total. The van der Waals surface area contributed by atoms with Crippen molar-refractivity contribution in [3.8, 4) is 0 Å². The van der Waals surface area contributed by atoms with Crippen LogP contribution in [0.2, 0.25) is 0 Å². The van der Waals surface area contributed by atoms with E-state index in [9.17, 15) is 19.1 Å². The van der Waals surface area contributed by atoms with E-state index in [1.165, 1.54) is 6.92 Å². The van der Waals surface area contributed by atoms with Crippen molar-refractivity contribution in [1.82, 2.24) is 9.55 Å². The van der Waals surface area contributed by atoms with Gasteiger partial charge in [0.25, 0.3) is 5.56 Å². The topological polar surface area (TPSA) is 105 Å². The molecule has 106 valence electrons. The zero-order valence-corrected chi connectivity index (χ0v) is 10.2. The number of halogens is 1. The van der Waals surface area contributed by atoms with Crippen LogP contribution in [0.15, 0.2) is 15.8 Å². The zero-order chi connectivity index (χ0) is 14.2. The molecule has 7 nitrogen and oxygen atoms in total. The van der Waals surface area contributed by atoms with E-state index in [0.717, 1.165) is 10.8 Å². The molecule has 1 unspecified atom stereocenters. The molecule has 19 heavy (non-hydrogen) atoms. The van der Waals surface area contributed by atoms with Crippen molar-refractivity contribution in [2.45, 2.75) is 38.0 Å². The number of H-pyrrole nitrogens is 1. The Bertz CT molecular complexity index is 567. The highest BCUT2D eigenvalue weighted by Gasteiger charge is 2.35. The van der Waals surface area contributed by atoms with Crippen LogP contribution < -0.4 is 11.2 Å². The van der Waals surface area contributed by atoms with Crippen molar-refractivity contribution in [2.75, 3.05) is 6.61 Å². The number of alkyl halides is 1. The maximum Gasteiger partial charge on any atom is 0.330 e. The Balaban J connectivity index is 2.38. The smallest absolute Gasteiger partial charge is 0.330 e. The van der Waals surface area contributed by atoms with Crippen molar-refractivity contribution in [1.29, 1.82) is 0 Å². The molecule has 2 heterocycles. The van der Waals surface area contributed by atoms with Crippen molar-refractivity contribution < 1.29 is 19.3 Å². The minimum absolute atomic E-state index is 0.0806. The summed E-state index contributed by atoms with van der Waals surface area (Å²) in [5.41, 5.74) is -1.72. The van der Waals surface area contributed by atoms with Crippen molar-refractivity contribution in [3.05, 3.63) is 32.6 Å². The largest absolute Gasteiger partial charge is 0.394 e. The molecule has 1 saturated heterocycles. The number of nitrogens with zero attached hydrogens (tertiary/aromatic N) is 1. The van der Waals surface area contributed by atoms with Crippen molar-refractivity contribution in [2.24, 2.45) is 0 Å². The first kappa shape index (κ1) is 13.9. The molecule has 1 aromatic heterocycles. The van der Waals surface area contributed by atoms with Crippen LogP contribution in [0.3, 0.4) is 0 Å². The van der Waals surface area contributed by atoms with E-state index in [1.807, 2.05) is 4.98 Å². The van der Waals surface area contributed by atoms with Gasteiger partial charge in [0.1, 0.15) is 18.5 Å². The van der Waals surface area contributed by atoms with E-state index in [0.29, 0.717) is 0 Å². The molecule has 8 heteroatoms. The van der Waals surface area contributed by atoms with Gasteiger partial charge in [-0.05, 0) is 6.92 Å². The number of ether oxygens (including phenoxy) is 1. The molecule has 0 aromatic carbocycles. The third kappa shape index (κ3) is 2.60. The fraction of sp³-hybridized carbons (Fsp3) is 0.636. The molecule has 0 spiro atoms. The molecular formula is C11H15FN2O5. The van der Waals surface area contributed by atoms with Gasteiger partial charge in [-0.25, -0.2) is 9.18 Å². The average Bonchev–Trinajstić information content (AvgIpc) is 2.69. The van der Waals surface area contributed by atoms with Crippen LogP contribution in [0.5, 0.6) is 0 Å². The van der Waals surface area contributed by atoms with Gasteiger partial charge in [-0.1, -0.05) is 0 Å². The number of aliphatic hydroxyl groups excluding tert-OH is 2. The Morgan fingerprint density at radius 3 is 2.84 bits per heavy atom. The lowest BCUT2D eigenvalue weighted by molar-refractivity contribution is -0.0460. The normalized spacial score (nSPS) is 28.5. The maximum absolute atomic E-state index is 13.2. The summed E-state index contributed by atoms with van der Waals surface area (Å²) >= 11 is 0. The molecule has 1 aromatic rings. The minimum Gasteiger partial charge on any atom is -0.394 e. The standard InChI is InChI=1S/C11H15FN2O5/c1-5(12)6-3-14(11(18)13-10(6)17)9-2-7(16)8(4-15)19-9/h3,5,7-9,15-16H,2,4H2,1H3,(H,13,17,18)/t5?,7-,8+,9+/m0/s1. The number of nitrogens with one attached hydrogen (secondary N) is 1. The van der Waals surface area contributed by atoms with Crippen LogP contribution in [0.1, 0.15) is 31.3 Å². The number of aromatic nitrogens is 2. The second-order valence-electron chi connectivity index (χ2n) is 4.48. The van der Waals surface area contributed by atoms with Gasteiger partial charge < -0.3 is 14.9 Å². The molecule has 0 aliphatic carbocycles. The van der Waals surface area contributed by atoms with Crippen LogP contribution in [0.4, 0.5) is 4.39 Å². The minimum atomic E-state index is -1.53. The van der Waals surface area contributed by atoms with Crippen molar-refractivity contribution in [3.63, 3.8) is 0 Å². The van der Waals surface area contributed by atoms with Crippen LogP contribution in [0.25, 0.3) is 0 Å². The van der Waals surface area contributed by atoms with E-state index in [-0.39, 0.29) is 18.6 Å². The van der Waals surface area contributed by atoms with Crippen molar-refractivity contribution >= 4 is 0 Å². The second kappa shape index (κ2) is 5.24. The molecule has 1 aliphatic heterocycles. The van der Waals surface area contributed by atoms with Gasteiger partial charge in [0, 0.05) is 12.6 Å². The van der Waals surface area contributed by atoms with Crippen LogP contribution in [-0.4, -0.2) is 38.6 Å². The summed E-state index contributed by atoms with van der Waals surface area (Å²) in [6, 6.07) is 0. The summed E-state index contributed by atoms with van der Waals surface area (Å²) in [5.74, 6) is 0. The van der Waals surface area contributed by atoms with E-state index in [2.05, 4.69) is 0 Å². The Labute approximate surface area is 107 Å². The number of hydrogen-bond donors (Lipinski definition) is 3. The van der Waals surface area contributed by atoms with Gasteiger partial charge in [-0.3, -0.25) is 14.3 Å². The van der Waals surface area contributed by atoms with Gasteiger partial charge >= 0.3 is 5.69 Å². The molecule has 1 fully saturated rings. The first-order chi connectivity index (χ1) is 8.93. The van der Waals surface area contributed by atoms with Crippen LogP contribution in [-0.2, 0) is 4.74 Å². The zero-order valence-electron chi connectivity index (χ0n) is 10.2. The average molecular weight is 274 g/mol. The molecular weight excluding hydrogens is 259 g/mol. The Morgan fingerprint density at radius 1 is 1.63 bits per heavy atom. The highest BCUT2D eigenvalue weighted by molar-refractivity contribution is 5.08. The first-order valence-electron chi connectivity index (χ1n) is 5.88. The number of rotatable bonds is 3.